The van der Waals surface area contributed by atoms with Crippen molar-refractivity contribution in [3.8, 4) is 0 Å². The third-order valence-electron chi connectivity index (χ3n) is 1.29. The maximum Gasteiger partial charge on any atom is 0.336 e. The maximum absolute atomic E-state index is 10.4. The number of carbonyl (C=O) groups is 1. The second-order valence-electron chi connectivity index (χ2n) is 1.98. The third-order valence-corrected chi connectivity index (χ3v) is 1.29. The van der Waals surface area contributed by atoms with Crippen LogP contribution in [0.15, 0.2) is 35.3 Å². The van der Waals surface area contributed by atoms with Gasteiger partial charge in [0.25, 0.3) is 5.95 Å². The fourth-order valence-electron chi connectivity index (χ4n) is 0.802. The van der Waals surface area contributed by atoms with Crippen LogP contribution in [-0.4, -0.2) is 21.3 Å². The summed E-state index contributed by atoms with van der Waals surface area (Å²) in [4.78, 5) is 10.4. The summed E-state index contributed by atoms with van der Waals surface area (Å²) in [5, 5.41) is 25.6. The molecular weight excluding hydrogens is 148 g/mol. The molecule has 0 unspecified atom stereocenters. The zero-order valence-electron chi connectivity index (χ0n) is 5.48. The molecule has 0 aromatic carbocycles. The van der Waals surface area contributed by atoms with Gasteiger partial charge in [0, 0.05) is 0 Å². The van der Waals surface area contributed by atoms with Crippen LogP contribution in [0.5, 0.6) is 0 Å². The Kier molecular flexibility index (Phi) is 1.68. The number of hydrogen-bond acceptors (Lipinski definition) is 3. The van der Waals surface area contributed by atoms with E-state index in [2.05, 4.69) is 0 Å². The van der Waals surface area contributed by atoms with Crippen molar-refractivity contribution >= 4 is 5.97 Å². The van der Waals surface area contributed by atoms with Crippen molar-refractivity contribution in [1.29, 1.82) is 0 Å². The van der Waals surface area contributed by atoms with E-state index in [9.17, 15) is 4.79 Å². The molecule has 0 radical (unpaired) electrons. The largest absolute Gasteiger partial charge is 0.481 e. The fraction of sp³-hybridized carbons (Fsp3) is 0. The standard InChI is InChI=1S/C7H6O4/c8-6(9)4-2-1-3-5(4)7(10)11/h1-3,8-9H,(H,10,11). The first-order chi connectivity index (χ1) is 5.13. The number of carboxylic acids is 1. The van der Waals surface area contributed by atoms with Crippen LogP contribution in [0.1, 0.15) is 0 Å². The average molecular weight is 154 g/mol. The topological polar surface area (TPSA) is 77.8 Å². The molecule has 58 valence electrons. The first-order valence-electron chi connectivity index (χ1n) is 2.87. The zero-order valence-corrected chi connectivity index (χ0v) is 5.48. The molecule has 0 heterocycles. The number of allylic oxidation sites excluding steroid dienone is 3. The number of aliphatic hydroxyl groups excluding tert-OH is 1. The Hall–Kier alpha value is -1.71. The van der Waals surface area contributed by atoms with Gasteiger partial charge in [-0.25, -0.2) is 4.79 Å². The summed E-state index contributed by atoms with van der Waals surface area (Å²) in [5.74, 6) is -2.14. The summed E-state index contributed by atoms with van der Waals surface area (Å²) < 4.78 is 0. The van der Waals surface area contributed by atoms with Crippen molar-refractivity contribution < 1.29 is 20.1 Å². The van der Waals surface area contributed by atoms with Gasteiger partial charge >= 0.3 is 5.97 Å². The average Bonchev–Trinajstić information content (AvgIpc) is 2.32. The lowest BCUT2D eigenvalue weighted by Gasteiger charge is -1.97. The molecule has 0 fully saturated rings. The van der Waals surface area contributed by atoms with Crippen molar-refractivity contribution in [3.63, 3.8) is 0 Å². The van der Waals surface area contributed by atoms with Gasteiger partial charge in [-0.15, -0.1) is 0 Å². The van der Waals surface area contributed by atoms with Crippen LogP contribution in [0.2, 0.25) is 0 Å². The zero-order chi connectivity index (χ0) is 8.43. The molecule has 0 aromatic rings. The lowest BCUT2D eigenvalue weighted by Crippen LogP contribution is -2.02. The molecule has 1 rings (SSSR count). The fourth-order valence-corrected chi connectivity index (χ4v) is 0.802. The van der Waals surface area contributed by atoms with Gasteiger partial charge in [0.05, 0.1) is 11.1 Å². The van der Waals surface area contributed by atoms with Gasteiger partial charge < -0.3 is 15.3 Å². The van der Waals surface area contributed by atoms with Gasteiger partial charge in [0.1, 0.15) is 0 Å². The van der Waals surface area contributed by atoms with E-state index in [-0.39, 0.29) is 11.1 Å². The summed E-state index contributed by atoms with van der Waals surface area (Å²) in [6.45, 7) is 0. The Morgan fingerprint density at radius 2 is 1.91 bits per heavy atom. The van der Waals surface area contributed by atoms with Crippen LogP contribution in [0, 0.1) is 0 Å². The van der Waals surface area contributed by atoms with Gasteiger partial charge in [0.15, 0.2) is 0 Å². The van der Waals surface area contributed by atoms with Crippen LogP contribution < -0.4 is 0 Å². The van der Waals surface area contributed by atoms with Crippen LogP contribution in [0.4, 0.5) is 0 Å². The minimum Gasteiger partial charge on any atom is -0.481 e. The lowest BCUT2D eigenvalue weighted by atomic mass is 10.1. The molecule has 0 aliphatic heterocycles. The lowest BCUT2D eigenvalue weighted by molar-refractivity contribution is -0.132. The summed E-state index contributed by atoms with van der Waals surface area (Å²) in [6, 6.07) is 0. The van der Waals surface area contributed by atoms with E-state index in [1.165, 1.54) is 18.2 Å². The molecule has 4 heteroatoms. The summed E-state index contributed by atoms with van der Waals surface area (Å²) in [7, 11) is 0. The predicted octanol–water partition coefficient (Wildman–Crippen LogP) is 0.895. The summed E-state index contributed by atoms with van der Waals surface area (Å²) in [5.41, 5.74) is -0.164. The molecular formula is C7H6O4. The highest BCUT2D eigenvalue weighted by atomic mass is 16.5. The molecule has 0 atom stereocenters. The van der Waals surface area contributed by atoms with Crippen molar-refractivity contribution in [1.82, 2.24) is 0 Å². The van der Waals surface area contributed by atoms with Gasteiger partial charge in [-0.3, -0.25) is 0 Å². The molecule has 1 aliphatic rings. The van der Waals surface area contributed by atoms with Crippen molar-refractivity contribution in [2.45, 2.75) is 0 Å². The molecule has 0 amide bonds. The Bertz CT molecular complexity index is 279. The van der Waals surface area contributed by atoms with E-state index < -0.39 is 11.9 Å². The van der Waals surface area contributed by atoms with E-state index in [4.69, 9.17) is 15.3 Å². The number of aliphatic carboxylic acids is 1. The molecule has 4 nitrogen and oxygen atoms in total. The van der Waals surface area contributed by atoms with Crippen LogP contribution in [0.3, 0.4) is 0 Å². The number of aliphatic hydroxyl groups is 2. The van der Waals surface area contributed by atoms with E-state index in [1.807, 2.05) is 0 Å². The predicted molar refractivity (Wildman–Crippen MR) is 37.1 cm³/mol. The second-order valence-corrected chi connectivity index (χ2v) is 1.98. The molecule has 11 heavy (non-hydrogen) atoms. The maximum atomic E-state index is 10.4. The van der Waals surface area contributed by atoms with Crippen LogP contribution in [0.25, 0.3) is 0 Å². The Morgan fingerprint density at radius 1 is 1.27 bits per heavy atom. The third kappa shape index (κ3) is 1.24. The van der Waals surface area contributed by atoms with Crippen LogP contribution in [-0.2, 0) is 4.79 Å². The molecule has 0 saturated carbocycles. The highest BCUT2D eigenvalue weighted by Crippen LogP contribution is 2.19. The van der Waals surface area contributed by atoms with E-state index >= 15 is 0 Å². The molecule has 0 bridgehead atoms. The van der Waals surface area contributed by atoms with E-state index in [0.29, 0.717) is 0 Å². The molecule has 0 aromatic heterocycles. The second kappa shape index (κ2) is 2.49. The highest BCUT2D eigenvalue weighted by molar-refractivity contribution is 5.94. The minimum absolute atomic E-state index is 0.0579. The summed E-state index contributed by atoms with van der Waals surface area (Å²) >= 11 is 0. The molecule has 1 aliphatic carbocycles. The monoisotopic (exact) mass is 154 g/mol. The number of carboxylic acid groups (broad SMARTS) is 1. The Balaban J connectivity index is 3.05. The van der Waals surface area contributed by atoms with E-state index in [0.717, 1.165) is 0 Å². The van der Waals surface area contributed by atoms with Crippen molar-refractivity contribution in [2.24, 2.45) is 0 Å². The molecule has 0 spiro atoms. The van der Waals surface area contributed by atoms with Gasteiger partial charge in [-0.2, -0.15) is 0 Å². The Labute approximate surface area is 62.4 Å². The molecule has 0 saturated heterocycles. The highest BCUT2D eigenvalue weighted by Gasteiger charge is 2.17. The SMILES string of the molecule is O=C(O)C1=CC=CC1=C(O)O. The van der Waals surface area contributed by atoms with Gasteiger partial charge in [0.2, 0.25) is 0 Å². The van der Waals surface area contributed by atoms with E-state index in [1.54, 1.807) is 0 Å². The number of hydrogen-bond donors (Lipinski definition) is 3. The minimum atomic E-state index is -1.18. The van der Waals surface area contributed by atoms with Crippen molar-refractivity contribution in [2.75, 3.05) is 0 Å². The quantitative estimate of drug-likeness (QED) is 0.490. The normalized spacial score (nSPS) is 14.9. The van der Waals surface area contributed by atoms with Crippen LogP contribution >= 0.6 is 0 Å². The Morgan fingerprint density at radius 3 is 2.27 bits per heavy atom. The molecule has 3 N–H and O–H groups in total. The first kappa shape index (κ1) is 7.40. The summed E-state index contributed by atoms with van der Waals surface area (Å²) in [6.07, 6.45) is 4.05. The smallest absolute Gasteiger partial charge is 0.336 e. The van der Waals surface area contributed by atoms with Crippen molar-refractivity contribution in [3.05, 3.63) is 35.3 Å². The van der Waals surface area contributed by atoms with Gasteiger partial charge in [-0.05, 0) is 12.2 Å². The number of rotatable bonds is 1. The van der Waals surface area contributed by atoms with Gasteiger partial charge in [-0.1, -0.05) is 6.08 Å². The first-order valence-corrected chi connectivity index (χ1v) is 2.87.